The lowest BCUT2D eigenvalue weighted by Gasteiger charge is -2.46. The van der Waals surface area contributed by atoms with Gasteiger partial charge in [0, 0.05) is 38.9 Å². The summed E-state index contributed by atoms with van der Waals surface area (Å²) < 4.78 is 22.4. The third-order valence-corrected chi connectivity index (χ3v) is 5.83. The number of esters is 2. The smallest absolute Gasteiger partial charge is 0.303 e. The van der Waals surface area contributed by atoms with Gasteiger partial charge in [-0.2, -0.15) is 0 Å². The van der Waals surface area contributed by atoms with Crippen molar-refractivity contribution in [2.24, 2.45) is 0 Å². The molecule has 7 nitrogen and oxygen atoms in total. The largest absolute Gasteiger partial charge is 0.458 e. The maximum absolute atomic E-state index is 11.9. The monoisotopic (exact) mass is 371 g/mol. The molecule has 1 aromatic rings. The van der Waals surface area contributed by atoms with Crippen molar-refractivity contribution in [1.29, 1.82) is 0 Å². The van der Waals surface area contributed by atoms with E-state index in [-0.39, 0.29) is 30.7 Å². The van der Waals surface area contributed by atoms with E-state index < -0.39 is 12.2 Å². The van der Waals surface area contributed by atoms with Gasteiger partial charge in [-0.05, 0) is 35.8 Å². The lowest BCUT2D eigenvalue weighted by molar-refractivity contribution is -0.165. The highest BCUT2D eigenvalue weighted by Crippen LogP contribution is 2.50. The number of rotatable bonds is 2. The lowest BCUT2D eigenvalue weighted by atomic mass is 9.73. The van der Waals surface area contributed by atoms with Gasteiger partial charge in [-0.3, -0.25) is 14.5 Å². The molecule has 0 saturated carbocycles. The van der Waals surface area contributed by atoms with Crippen LogP contribution in [0.25, 0.3) is 0 Å². The Morgan fingerprint density at radius 3 is 2.59 bits per heavy atom. The minimum atomic E-state index is -0.584. The van der Waals surface area contributed by atoms with E-state index >= 15 is 0 Å². The van der Waals surface area contributed by atoms with Crippen LogP contribution < -0.4 is 9.47 Å². The SMILES string of the molecule is CC(=O)O[C@H]1[C@H]2c3cc4c(cc3CN3CCC(=C[C@@H]1OC(C)=O)[C@H]23)OCO4. The topological polar surface area (TPSA) is 74.3 Å². The van der Waals surface area contributed by atoms with E-state index in [1.54, 1.807) is 0 Å². The van der Waals surface area contributed by atoms with Crippen molar-refractivity contribution in [3.8, 4) is 11.5 Å². The Balaban J connectivity index is 1.65. The van der Waals surface area contributed by atoms with Crippen molar-refractivity contribution < 1.29 is 28.5 Å². The molecule has 142 valence electrons. The van der Waals surface area contributed by atoms with E-state index in [0.717, 1.165) is 36.4 Å². The van der Waals surface area contributed by atoms with Gasteiger partial charge in [0.1, 0.15) is 0 Å². The van der Waals surface area contributed by atoms with Crippen molar-refractivity contribution in [3.63, 3.8) is 0 Å². The summed E-state index contributed by atoms with van der Waals surface area (Å²) in [7, 11) is 0. The highest BCUT2D eigenvalue weighted by atomic mass is 16.7. The fourth-order valence-electron chi connectivity index (χ4n) is 4.94. The summed E-state index contributed by atoms with van der Waals surface area (Å²) >= 11 is 0. The van der Waals surface area contributed by atoms with Crippen LogP contribution in [0.2, 0.25) is 0 Å². The minimum Gasteiger partial charge on any atom is -0.458 e. The molecule has 3 aliphatic heterocycles. The Hall–Kier alpha value is -2.54. The Bertz CT molecular complexity index is 862. The van der Waals surface area contributed by atoms with Crippen LogP contribution in [-0.2, 0) is 25.6 Å². The van der Waals surface area contributed by atoms with Gasteiger partial charge in [-0.25, -0.2) is 0 Å². The van der Waals surface area contributed by atoms with Gasteiger partial charge < -0.3 is 18.9 Å². The molecule has 7 heteroatoms. The molecule has 1 fully saturated rings. The number of fused-ring (bicyclic) bond motifs is 3. The number of carbonyl (C=O) groups excluding carboxylic acids is 2. The van der Waals surface area contributed by atoms with Gasteiger partial charge in [0.15, 0.2) is 23.7 Å². The maximum Gasteiger partial charge on any atom is 0.303 e. The summed E-state index contributed by atoms with van der Waals surface area (Å²) in [6.45, 7) is 4.73. The molecule has 4 aliphatic rings. The Morgan fingerprint density at radius 1 is 1.11 bits per heavy atom. The van der Waals surface area contributed by atoms with Gasteiger partial charge in [0.05, 0.1) is 0 Å². The maximum atomic E-state index is 11.9. The highest BCUT2D eigenvalue weighted by molar-refractivity contribution is 5.68. The van der Waals surface area contributed by atoms with Crippen LogP contribution in [0, 0.1) is 0 Å². The zero-order chi connectivity index (χ0) is 18.7. The number of carbonyl (C=O) groups is 2. The summed E-state index contributed by atoms with van der Waals surface area (Å²) in [5, 5.41) is 0. The molecule has 27 heavy (non-hydrogen) atoms. The summed E-state index contributed by atoms with van der Waals surface area (Å²) in [5.41, 5.74) is 3.47. The molecular weight excluding hydrogens is 350 g/mol. The first-order chi connectivity index (χ1) is 13.0. The third-order valence-electron chi connectivity index (χ3n) is 5.83. The average molecular weight is 371 g/mol. The van der Waals surface area contributed by atoms with Crippen LogP contribution in [0.1, 0.15) is 37.3 Å². The molecule has 0 radical (unpaired) electrons. The van der Waals surface area contributed by atoms with Crippen LogP contribution in [0.5, 0.6) is 11.5 Å². The molecule has 1 aliphatic carbocycles. The fraction of sp³-hybridized carbons (Fsp3) is 0.500. The van der Waals surface area contributed by atoms with Crippen LogP contribution in [-0.4, -0.2) is 48.4 Å². The van der Waals surface area contributed by atoms with Crippen molar-refractivity contribution >= 4 is 11.9 Å². The van der Waals surface area contributed by atoms with Crippen LogP contribution in [0.4, 0.5) is 0 Å². The standard InChI is InChI=1S/C20H21NO6/c1-10(22)26-17-5-12-3-4-21-8-13-6-15-16(25-9-24-15)7-14(13)18(19(12)21)20(17)27-11(2)23/h5-7,17-20H,3-4,8-9H2,1-2H3/t17-,18-,19+,20+/m0/s1. The van der Waals surface area contributed by atoms with E-state index in [2.05, 4.69) is 4.90 Å². The Labute approximate surface area is 156 Å². The Morgan fingerprint density at radius 2 is 1.85 bits per heavy atom. The first kappa shape index (κ1) is 16.6. The molecule has 0 amide bonds. The summed E-state index contributed by atoms with van der Waals surface area (Å²) in [6.07, 6.45) is 1.75. The van der Waals surface area contributed by atoms with Crippen molar-refractivity contribution in [3.05, 3.63) is 34.9 Å². The van der Waals surface area contributed by atoms with Gasteiger partial charge in [0.25, 0.3) is 0 Å². The second-order valence-electron chi connectivity index (χ2n) is 7.49. The van der Waals surface area contributed by atoms with Crippen molar-refractivity contribution in [2.75, 3.05) is 13.3 Å². The number of ether oxygens (including phenoxy) is 4. The molecule has 1 saturated heterocycles. The van der Waals surface area contributed by atoms with Gasteiger partial charge >= 0.3 is 11.9 Å². The normalized spacial score (nSPS) is 30.2. The molecule has 5 rings (SSSR count). The third kappa shape index (κ3) is 2.60. The summed E-state index contributed by atoms with van der Waals surface area (Å²) in [4.78, 5) is 25.9. The van der Waals surface area contributed by atoms with Gasteiger partial charge in [-0.1, -0.05) is 5.57 Å². The van der Waals surface area contributed by atoms with E-state index in [9.17, 15) is 9.59 Å². The van der Waals surface area contributed by atoms with E-state index in [4.69, 9.17) is 18.9 Å². The van der Waals surface area contributed by atoms with Crippen LogP contribution in [0.15, 0.2) is 23.8 Å². The predicted octanol–water partition coefficient (Wildman–Crippen LogP) is 1.89. The molecule has 0 bridgehead atoms. The molecule has 0 aromatic heterocycles. The molecule has 3 heterocycles. The lowest BCUT2D eigenvalue weighted by Crippen LogP contribution is -2.52. The quantitative estimate of drug-likeness (QED) is 0.580. The van der Waals surface area contributed by atoms with Crippen LogP contribution in [0.3, 0.4) is 0 Å². The molecular formula is C20H21NO6. The van der Waals surface area contributed by atoms with Gasteiger partial charge in [0.2, 0.25) is 6.79 Å². The second-order valence-corrected chi connectivity index (χ2v) is 7.49. The summed E-state index contributed by atoms with van der Waals surface area (Å²) in [6, 6.07) is 4.17. The molecule has 0 spiro atoms. The molecule has 1 aromatic carbocycles. The molecule has 0 N–H and O–H groups in total. The predicted molar refractivity (Wildman–Crippen MR) is 93.3 cm³/mol. The van der Waals surface area contributed by atoms with Gasteiger partial charge in [-0.15, -0.1) is 0 Å². The summed E-state index contributed by atoms with van der Waals surface area (Å²) in [5.74, 6) is 0.579. The zero-order valence-corrected chi connectivity index (χ0v) is 15.3. The van der Waals surface area contributed by atoms with E-state index in [1.165, 1.54) is 19.4 Å². The van der Waals surface area contributed by atoms with Crippen molar-refractivity contribution in [1.82, 2.24) is 4.90 Å². The highest BCUT2D eigenvalue weighted by Gasteiger charge is 2.52. The van der Waals surface area contributed by atoms with Crippen LogP contribution >= 0.6 is 0 Å². The first-order valence-corrected chi connectivity index (χ1v) is 9.23. The number of benzene rings is 1. The Kier molecular flexibility index (Phi) is 3.69. The molecule has 4 atom stereocenters. The average Bonchev–Trinajstić information content (AvgIpc) is 3.21. The number of hydrogen-bond donors (Lipinski definition) is 0. The number of nitrogens with zero attached hydrogens (tertiary/aromatic N) is 1. The zero-order valence-electron chi connectivity index (χ0n) is 15.3. The van der Waals surface area contributed by atoms with E-state index in [1.807, 2.05) is 18.2 Å². The molecule has 0 unspecified atom stereocenters. The van der Waals surface area contributed by atoms with E-state index in [0.29, 0.717) is 5.75 Å². The van der Waals surface area contributed by atoms with Crippen molar-refractivity contribution in [2.45, 2.75) is 51.0 Å². The first-order valence-electron chi connectivity index (χ1n) is 9.23. The minimum absolute atomic E-state index is 0.112. The number of hydrogen-bond acceptors (Lipinski definition) is 7. The fourth-order valence-corrected chi connectivity index (χ4v) is 4.94. The second kappa shape index (κ2) is 5.99.